The van der Waals surface area contributed by atoms with Gasteiger partial charge in [-0.25, -0.2) is 4.98 Å². The molecule has 1 aromatic carbocycles. The minimum absolute atomic E-state index is 0.0429. The summed E-state index contributed by atoms with van der Waals surface area (Å²) in [6.45, 7) is 8.32. The number of rotatable bonds is 9. The first-order valence-corrected chi connectivity index (χ1v) is 9.09. The van der Waals surface area contributed by atoms with Crippen LogP contribution in [0.5, 0.6) is 5.88 Å². The SMILES string of the molecule is CCC(CC)CN(CC)C(=O)c1ccnc(OCc2ccccc2)c1. The van der Waals surface area contributed by atoms with Crippen LogP contribution in [0.4, 0.5) is 0 Å². The van der Waals surface area contributed by atoms with Crippen LogP contribution in [0.1, 0.15) is 49.5 Å². The molecule has 0 aliphatic carbocycles. The Morgan fingerprint density at radius 1 is 1.12 bits per heavy atom. The van der Waals surface area contributed by atoms with E-state index in [0.29, 0.717) is 30.5 Å². The summed E-state index contributed by atoms with van der Waals surface area (Å²) in [6.07, 6.45) is 3.81. The molecule has 0 saturated carbocycles. The molecule has 1 amide bonds. The zero-order chi connectivity index (χ0) is 18.1. The molecule has 2 aromatic rings. The lowest BCUT2D eigenvalue weighted by atomic mass is 10.0. The van der Waals surface area contributed by atoms with Crippen molar-refractivity contribution in [3.63, 3.8) is 0 Å². The monoisotopic (exact) mass is 340 g/mol. The highest BCUT2D eigenvalue weighted by atomic mass is 16.5. The van der Waals surface area contributed by atoms with Crippen LogP contribution in [0.2, 0.25) is 0 Å². The van der Waals surface area contributed by atoms with E-state index in [1.165, 1.54) is 0 Å². The van der Waals surface area contributed by atoms with Crippen molar-refractivity contribution < 1.29 is 9.53 Å². The molecule has 0 spiro atoms. The Hall–Kier alpha value is -2.36. The lowest BCUT2D eigenvalue weighted by Crippen LogP contribution is -2.35. The molecular weight excluding hydrogens is 312 g/mol. The second-order valence-electron chi connectivity index (χ2n) is 6.18. The van der Waals surface area contributed by atoms with Gasteiger partial charge in [-0.3, -0.25) is 4.79 Å². The Labute approximate surface area is 150 Å². The smallest absolute Gasteiger partial charge is 0.254 e. The number of aromatic nitrogens is 1. The maximum Gasteiger partial charge on any atom is 0.254 e. The summed E-state index contributed by atoms with van der Waals surface area (Å²) in [4.78, 5) is 18.9. The fourth-order valence-electron chi connectivity index (χ4n) is 2.75. The summed E-state index contributed by atoms with van der Waals surface area (Å²) in [7, 11) is 0. The van der Waals surface area contributed by atoms with Crippen molar-refractivity contribution in [3.8, 4) is 5.88 Å². The fourth-order valence-corrected chi connectivity index (χ4v) is 2.75. The van der Waals surface area contributed by atoms with E-state index in [4.69, 9.17) is 4.74 Å². The van der Waals surface area contributed by atoms with Gasteiger partial charge in [-0.2, -0.15) is 0 Å². The number of hydrogen-bond acceptors (Lipinski definition) is 3. The second kappa shape index (κ2) is 9.82. The topological polar surface area (TPSA) is 42.4 Å². The van der Waals surface area contributed by atoms with Crippen molar-refractivity contribution in [1.82, 2.24) is 9.88 Å². The number of nitrogens with zero attached hydrogens (tertiary/aromatic N) is 2. The van der Waals surface area contributed by atoms with Crippen LogP contribution in [0.3, 0.4) is 0 Å². The van der Waals surface area contributed by atoms with Gasteiger partial charge in [-0.1, -0.05) is 57.0 Å². The van der Waals surface area contributed by atoms with E-state index >= 15 is 0 Å². The number of amides is 1. The summed E-state index contributed by atoms with van der Waals surface area (Å²) < 4.78 is 5.74. The molecule has 0 atom stereocenters. The first kappa shape index (κ1) is 19.0. The molecule has 0 radical (unpaired) electrons. The van der Waals surface area contributed by atoms with Gasteiger partial charge in [0.2, 0.25) is 5.88 Å². The summed E-state index contributed by atoms with van der Waals surface area (Å²) in [5.41, 5.74) is 1.70. The van der Waals surface area contributed by atoms with Crippen LogP contribution < -0.4 is 4.74 Å². The molecule has 25 heavy (non-hydrogen) atoms. The average molecular weight is 340 g/mol. The normalized spacial score (nSPS) is 10.7. The quantitative estimate of drug-likeness (QED) is 0.672. The Kier molecular flexibility index (Phi) is 7.45. The third-order valence-corrected chi connectivity index (χ3v) is 4.51. The minimum atomic E-state index is 0.0429. The van der Waals surface area contributed by atoms with Gasteiger partial charge in [0, 0.05) is 30.9 Å². The van der Waals surface area contributed by atoms with E-state index in [1.807, 2.05) is 42.2 Å². The van der Waals surface area contributed by atoms with E-state index in [1.54, 1.807) is 18.3 Å². The summed E-state index contributed by atoms with van der Waals surface area (Å²) in [6, 6.07) is 13.4. The van der Waals surface area contributed by atoms with Gasteiger partial charge in [0.05, 0.1) is 0 Å². The third kappa shape index (κ3) is 5.59. The van der Waals surface area contributed by atoms with Crippen LogP contribution in [0, 0.1) is 5.92 Å². The largest absolute Gasteiger partial charge is 0.473 e. The summed E-state index contributed by atoms with van der Waals surface area (Å²) in [5, 5.41) is 0. The zero-order valence-corrected chi connectivity index (χ0v) is 15.4. The maximum absolute atomic E-state index is 12.8. The molecule has 1 aromatic heterocycles. The van der Waals surface area contributed by atoms with Crippen LogP contribution in [0.15, 0.2) is 48.7 Å². The van der Waals surface area contributed by atoms with Crippen molar-refractivity contribution >= 4 is 5.91 Å². The van der Waals surface area contributed by atoms with Crippen LogP contribution in [-0.4, -0.2) is 28.9 Å². The Bertz CT molecular complexity index is 654. The van der Waals surface area contributed by atoms with Gasteiger partial charge >= 0.3 is 0 Å². The molecule has 134 valence electrons. The van der Waals surface area contributed by atoms with E-state index in [-0.39, 0.29) is 5.91 Å². The first-order chi connectivity index (χ1) is 12.2. The molecular formula is C21H28N2O2. The van der Waals surface area contributed by atoms with Gasteiger partial charge < -0.3 is 9.64 Å². The third-order valence-electron chi connectivity index (χ3n) is 4.51. The minimum Gasteiger partial charge on any atom is -0.473 e. The van der Waals surface area contributed by atoms with E-state index < -0.39 is 0 Å². The standard InChI is InChI=1S/C21H28N2O2/c1-4-17(5-2)15-23(6-3)21(24)19-12-13-22-20(14-19)25-16-18-10-8-7-9-11-18/h7-14,17H,4-6,15-16H2,1-3H3. The van der Waals surface area contributed by atoms with Crippen molar-refractivity contribution in [2.45, 2.75) is 40.2 Å². The van der Waals surface area contributed by atoms with E-state index in [2.05, 4.69) is 18.8 Å². The number of benzene rings is 1. The lowest BCUT2D eigenvalue weighted by molar-refractivity contribution is 0.0734. The highest BCUT2D eigenvalue weighted by molar-refractivity contribution is 5.94. The van der Waals surface area contributed by atoms with Crippen molar-refractivity contribution in [3.05, 3.63) is 59.8 Å². The molecule has 4 heteroatoms. The molecule has 0 aliphatic rings. The molecule has 0 bridgehead atoms. The van der Waals surface area contributed by atoms with Gasteiger partial charge in [0.25, 0.3) is 5.91 Å². The molecule has 4 nitrogen and oxygen atoms in total. The molecule has 2 rings (SSSR count). The van der Waals surface area contributed by atoms with E-state index in [9.17, 15) is 4.79 Å². The maximum atomic E-state index is 12.8. The average Bonchev–Trinajstić information content (AvgIpc) is 2.68. The zero-order valence-electron chi connectivity index (χ0n) is 15.4. The Morgan fingerprint density at radius 2 is 1.84 bits per heavy atom. The highest BCUT2D eigenvalue weighted by Crippen LogP contribution is 2.16. The second-order valence-corrected chi connectivity index (χ2v) is 6.18. The molecule has 0 saturated heterocycles. The Morgan fingerprint density at radius 3 is 2.48 bits per heavy atom. The van der Waals surface area contributed by atoms with Crippen LogP contribution >= 0.6 is 0 Å². The fraction of sp³-hybridized carbons (Fsp3) is 0.429. The molecule has 0 unspecified atom stereocenters. The van der Waals surface area contributed by atoms with Gasteiger partial charge in [0.1, 0.15) is 6.61 Å². The van der Waals surface area contributed by atoms with Crippen LogP contribution in [0.25, 0.3) is 0 Å². The molecule has 1 heterocycles. The van der Waals surface area contributed by atoms with E-state index in [0.717, 1.165) is 24.9 Å². The lowest BCUT2D eigenvalue weighted by Gasteiger charge is -2.25. The van der Waals surface area contributed by atoms with Gasteiger partial charge in [0.15, 0.2) is 0 Å². The predicted octanol–water partition coefficient (Wildman–Crippen LogP) is 4.56. The number of pyridine rings is 1. The van der Waals surface area contributed by atoms with Gasteiger partial charge in [-0.15, -0.1) is 0 Å². The summed E-state index contributed by atoms with van der Waals surface area (Å²) >= 11 is 0. The van der Waals surface area contributed by atoms with Gasteiger partial charge in [-0.05, 0) is 24.5 Å². The van der Waals surface area contributed by atoms with Crippen molar-refractivity contribution in [2.24, 2.45) is 5.92 Å². The summed E-state index contributed by atoms with van der Waals surface area (Å²) in [5.74, 6) is 1.06. The number of carbonyl (C=O) groups excluding carboxylic acids is 1. The molecule has 0 N–H and O–H groups in total. The first-order valence-electron chi connectivity index (χ1n) is 9.09. The predicted molar refractivity (Wildman–Crippen MR) is 101 cm³/mol. The molecule has 0 fully saturated rings. The highest BCUT2D eigenvalue weighted by Gasteiger charge is 2.18. The Balaban J connectivity index is 2.04. The number of hydrogen-bond donors (Lipinski definition) is 0. The number of ether oxygens (including phenoxy) is 1. The number of carbonyl (C=O) groups is 1. The van der Waals surface area contributed by atoms with Crippen LogP contribution in [-0.2, 0) is 6.61 Å². The molecule has 0 aliphatic heterocycles. The van der Waals surface area contributed by atoms with Crippen molar-refractivity contribution in [1.29, 1.82) is 0 Å². The van der Waals surface area contributed by atoms with Crippen molar-refractivity contribution in [2.75, 3.05) is 13.1 Å².